The lowest BCUT2D eigenvalue weighted by Gasteiger charge is -2.35. The molecule has 2 aliphatic rings. The Balaban J connectivity index is 1.37. The Morgan fingerprint density at radius 3 is 2.68 bits per heavy atom. The average molecular weight is 481 g/mol. The van der Waals surface area contributed by atoms with Gasteiger partial charge in [-0.25, -0.2) is 0 Å². The second-order valence-corrected chi connectivity index (χ2v) is 8.98. The first-order valence-electron chi connectivity index (χ1n) is 11.1. The molecule has 0 radical (unpaired) electrons. The highest BCUT2D eigenvalue weighted by Crippen LogP contribution is 2.52. The molecular formula is C26H25ClN2O5. The maximum absolute atomic E-state index is 13.5. The third-order valence-electron chi connectivity index (χ3n) is 6.70. The minimum Gasteiger partial charge on any atom is -0.496 e. The summed E-state index contributed by atoms with van der Waals surface area (Å²) in [6.45, 7) is 3.23. The predicted molar refractivity (Wildman–Crippen MR) is 129 cm³/mol. The zero-order valence-corrected chi connectivity index (χ0v) is 19.9. The molecule has 2 heterocycles. The number of benzene rings is 2. The molecule has 5 rings (SSSR count). The summed E-state index contributed by atoms with van der Waals surface area (Å²) >= 11 is 6.43. The Labute approximate surface area is 202 Å². The van der Waals surface area contributed by atoms with Gasteiger partial charge in [-0.05, 0) is 23.9 Å². The summed E-state index contributed by atoms with van der Waals surface area (Å²) in [7, 11) is 2.91. The standard InChI is InChI=1S/C26H25ClN2O5/c1-15-12-17(28-9-11-29-10-8-16-6-4-5-7-18(16)29)13-21(30)26(15)25(31)22-19(32-2)14-20(33-3)23(27)24(22)34-26/h4-8,10,13-15,28H,9,11-12H2,1-3H3/t15-,26+/m1/s1. The van der Waals surface area contributed by atoms with Gasteiger partial charge in [0.15, 0.2) is 5.75 Å². The molecule has 3 aromatic rings. The van der Waals surface area contributed by atoms with Crippen LogP contribution in [0.1, 0.15) is 23.7 Å². The van der Waals surface area contributed by atoms with Crippen LogP contribution >= 0.6 is 11.6 Å². The number of ether oxygens (including phenoxy) is 3. The molecule has 2 atom stereocenters. The van der Waals surface area contributed by atoms with Crippen LogP contribution in [0, 0.1) is 5.92 Å². The number of hydrogen-bond acceptors (Lipinski definition) is 6. The van der Waals surface area contributed by atoms with Gasteiger partial charge in [-0.1, -0.05) is 36.7 Å². The summed E-state index contributed by atoms with van der Waals surface area (Å²) in [6, 6.07) is 11.8. The third kappa shape index (κ3) is 3.26. The number of allylic oxidation sites excluding steroid dienone is 1. The van der Waals surface area contributed by atoms with Gasteiger partial charge in [0.05, 0.1) is 14.2 Å². The Morgan fingerprint density at radius 1 is 1.18 bits per heavy atom. The van der Waals surface area contributed by atoms with Crippen molar-refractivity contribution in [2.75, 3.05) is 20.8 Å². The first-order chi connectivity index (χ1) is 16.4. The van der Waals surface area contributed by atoms with Gasteiger partial charge >= 0.3 is 0 Å². The molecule has 1 aliphatic carbocycles. The van der Waals surface area contributed by atoms with Gasteiger partial charge < -0.3 is 24.1 Å². The van der Waals surface area contributed by atoms with E-state index >= 15 is 0 Å². The monoisotopic (exact) mass is 480 g/mol. The first-order valence-corrected chi connectivity index (χ1v) is 11.5. The van der Waals surface area contributed by atoms with Crippen LogP contribution in [0.15, 0.2) is 54.4 Å². The number of ketones is 2. The number of halogens is 1. The normalized spacial score (nSPS) is 21.4. The fraction of sp³-hybridized carbons (Fsp3) is 0.308. The van der Waals surface area contributed by atoms with Crippen LogP contribution in [0.4, 0.5) is 0 Å². The number of fused-ring (bicyclic) bond motifs is 2. The Morgan fingerprint density at radius 2 is 1.94 bits per heavy atom. The van der Waals surface area contributed by atoms with E-state index in [4.69, 9.17) is 25.8 Å². The molecule has 0 fully saturated rings. The maximum Gasteiger partial charge on any atom is 0.236 e. The molecule has 34 heavy (non-hydrogen) atoms. The Bertz CT molecular complexity index is 1340. The number of nitrogens with one attached hydrogen (secondary N) is 1. The number of para-hydroxylation sites is 1. The molecule has 0 saturated carbocycles. The molecule has 1 aliphatic heterocycles. The van der Waals surface area contributed by atoms with E-state index in [-0.39, 0.29) is 22.1 Å². The van der Waals surface area contributed by atoms with Crippen LogP contribution < -0.4 is 19.5 Å². The number of rotatable bonds is 6. The summed E-state index contributed by atoms with van der Waals surface area (Å²) in [5, 5.41) is 4.70. The minimum absolute atomic E-state index is 0.132. The largest absolute Gasteiger partial charge is 0.496 e. The molecule has 0 amide bonds. The van der Waals surface area contributed by atoms with Crippen molar-refractivity contribution in [1.29, 1.82) is 0 Å². The molecule has 7 nitrogen and oxygen atoms in total. The molecule has 0 bridgehead atoms. The molecule has 1 spiro atoms. The smallest absolute Gasteiger partial charge is 0.236 e. The molecule has 8 heteroatoms. The van der Waals surface area contributed by atoms with Gasteiger partial charge in [-0.3, -0.25) is 9.59 Å². The van der Waals surface area contributed by atoms with Crippen LogP contribution in [-0.2, 0) is 11.3 Å². The van der Waals surface area contributed by atoms with E-state index in [9.17, 15) is 9.59 Å². The van der Waals surface area contributed by atoms with Gasteiger partial charge in [-0.2, -0.15) is 0 Å². The highest BCUT2D eigenvalue weighted by atomic mass is 35.5. The van der Waals surface area contributed by atoms with Gasteiger partial charge in [0.25, 0.3) is 0 Å². The number of Topliss-reactive ketones (excluding diaryl/α,β-unsaturated/α-hetero) is 1. The lowest BCUT2D eigenvalue weighted by atomic mass is 9.74. The summed E-state index contributed by atoms with van der Waals surface area (Å²) in [6.07, 6.45) is 4.02. The highest BCUT2D eigenvalue weighted by molar-refractivity contribution is 6.36. The SMILES string of the molecule is COc1cc(OC)c2c(c1Cl)O[C@@]1(C(=O)C=C(NCCn3ccc4ccccc43)C[C@H]1C)C2=O. The van der Waals surface area contributed by atoms with Gasteiger partial charge in [0, 0.05) is 48.6 Å². The van der Waals surface area contributed by atoms with Crippen molar-refractivity contribution < 1.29 is 23.8 Å². The summed E-state index contributed by atoms with van der Waals surface area (Å²) < 4.78 is 18.9. The number of carbonyl (C=O) groups excluding carboxylic acids is 2. The number of hydrogen-bond donors (Lipinski definition) is 1. The van der Waals surface area contributed by atoms with Crippen LogP contribution in [0.2, 0.25) is 5.02 Å². The molecule has 2 aromatic carbocycles. The van der Waals surface area contributed by atoms with Crippen molar-refractivity contribution in [3.63, 3.8) is 0 Å². The number of aromatic nitrogens is 1. The van der Waals surface area contributed by atoms with E-state index < -0.39 is 23.1 Å². The molecule has 1 N–H and O–H groups in total. The molecule has 176 valence electrons. The van der Waals surface area contributed by atoms with E-state index in [2.05, 4.69) is 34.3 Å². The van der Waals surface area contributed by atoms with Gasteiger partial charge in [0.2, 0.25) is 17.2 Å². The third-order valence-corrected chi connectivity index (χ3v) is 7.05. The molecule has 0 saturated heterocycles. The van der Waals surface area contributed by atoms with E-state index in [0.717, 1.165) is 17.8 Å². The van der Waals surface area contributed by atoms with E-state index in [1.54, 1.807) is 0 Å². The van der Waals surface area contributed by atoms with E-state index in [1.165, 1.54) is 31.7 Å². The number of methoxy groups -OCH3 is 2. The fourth-order valence-corrected chi connectivity index (χ4v) is 5.19. The zero-order valence-electron chi connectivity index (χ0n) is 19.2. The van der Waals surface area contributed by atoms with Crippen LogP contribution in [0.25, 0.3) is 10.9 Å². The highest BCUT2D eigenvalue weighted by Gasteiger charge is 2.60. The first kappa shape index (κ1) is 22.3. The average Bonchev–Trinajstić information content (AvgIpc) is 3.38. The summed E-state index contributed by atoms with van der Waals surface area (Å²) in [4.78, 5) is 26.9. The summed E-state index contributed by atoms with van der Waals surface area (Å²) in [5.41, 5.74) is 0.461. The maximum atomic E-state index is 13.5. The number of carbonyl (C=O) groups is 2. The van der Waals surface area contributed by atoms with Crippen molar-refractivity contribution in [1.82, 2.24) is 9.88 Å². The van der Waals surface area contributed by atoms with Crippen molar-refractivity contribution in [3.8, 4) is 17.2 Å². The number of nitrogens with zero attached hydrogens (tertiary/aromatic N) is 1. The van der Waals surface area contributed by atoms with Crippen LogP contribution in [0.5, 0.6) is 17.2 Å². The zero-order chi connectivity index (χ0) is 24.0. The second-order valence-electron chi connectivity index (χ2n) is 8.60. The fourth-order valence-electron chi connectivity index (χ4n) is 4.92. The van der Waals surface area contributed by atoms with E-state index in [0.29, 0.717) is 18.7 Å². The van der Waals surface area contributed by atoms with Crippen LogP contribution in [-0.4, -0.2) is 42.5 Å². The van der Waals surface area contributed by atoms with Gasteiger partial charge in [0.1, 0.15) is 22.1 Å². The minimum atomic E-state index is -1.66. The van der Waals surface area contributed by atoms with Crippen molar-refractivity contribution >= 4 is 34.1 Å². The van der Waals surface area contributed by atoms with E-state index in [1.807, 2.05) is 19.1 Å². The lowest BCUT2D eigenvalue weighted by molar-refractivity contribution is -0.129. The lowest BCUT2D eigenvalue weighted by Crippen LogP contribution is -2.55. The quantitative estimate of drug-likeness (QED) is 0.526. The molecular weight excluding hydrogens is 456 g/mol. The second kappa shape index (κ2) is 8.40. The summed E-state index contributed by atoms with van der Waals surface area (Å²) in [5.74, 6) is -0.536. The van der Waals surface area contributed by atoms with Crippen molar-refractivity contribution in [3.05, 3.63) is 65.0 Å². The Hall–Kier alpha value is -3.45. The topological polar surface area (TPSA) is 78.8 Å². The van der Waals surface area contributed by atoms with Crippen molar-refractivity contribution in [2.24, 2.45) is 5.92 Å². The van der Waals surface area contributed by atoms with Crippen LogP contribution in [0.3, 0.4) is 0 Å². The molecule has 1 aromatic heterocycles. The Kier molecular flexibility index (Phi) is 5.52. The molecule has 0 unspecified atom stereocenters. The van der Waals surface area contributed by atoms with Crippen molar-refractivity contribution in [2.45, 2.75) is 25.5 Å². The van der Waals surface area contributed by atoms with Gasteiger partial charge in [-0.15, -0.1) is 0 Å². The predicted octanol–water partition coefficient (Wildman–Crippen LogP) is 4.41.